The highest BCUT2D eigenvalue weighted by molar-refractivity contribution is 7.89. The van der Waals surface area contributed by atoms with Crippen molar-refractivity contribution in [3.8, 4) is 5.75 Å². The third-order valence-corrected chi connectivity index (χ3v) is 5.51. The summed E-state index contributed by atoms with van der Waals surface area (Å²) in [6, 6.07) is 21.2. The number of nitrogens with zero attached hydrogens (tertiary/aromatic N) is 1. The van der Waals surface area contributed by atoms with Gasteiger partial charge in [0.25, 0.3) is 10.0 Å². The Morgan fingerprint density at radius 1 is 0.852 bits per heavy atom. The molecule has 6 nitrogen and oxygen atoms in total. The Morgan fingerprint density at radius 3 is 2.33 bits per heavy atom. The number of ether oxygens (including phenoxy) is 1. The molecule has 0 spiro atoms. The van der Waals surface area contributed by atoms with E-state index in [1.165, 1.54) is 12.1 Å². The van der Waals surface area contributed by atoms with Crippen molar-refractivity contribution in [2.75, 3.05) is 12.5 Å². The second-order valence-corrected chi connectivity index (χ2v) is 7.61. The molecule has 1 aromatic heterocycles. The Morgan fingerprint density at radius 2 is 1.56 bits per heavy atom. The van der Waals surface area contributed by atoms with Crippen LogP contribution in [0.4, 0.5) is 5.69 Å². The standard InChI is InChI=1S/C20H17N3O3S/c1-26-14-11-12-19-17(13-14)20(16-9-5-6-10-18(16)21-19)22-23-27(24,25)15-7-3-2-4-8-15/h2-13,23H,1H3,(H,21,22). The number of para-hydroxylation sites is 1. The molecular formula is C20H17N3O3S. The lowest BCUT2D eigenvalue weighted by Gasteiger charge is -2.15. The van der Waals surface area contributed by atoms with Gasteiger partial charge in [-0.1, -0.05) is 36.4 Å². The minimum absolute atomic E-state index is 0.178. The van der Waals surface area contributed by atoms with Crippen LogP contribution in [0.5, 0.6) is 5.75 Å². The number of pyridine rings is 1. The summed E-state index contributed by atoms with van der Waals surface area (Å²) >= 11 is 0. The van der Waals surface area contributed by atoms with Crippen molar-refractivity contribution >= 4 is 37.5 Å². The molecule has 3 aromatic carbocycles. The van der Waals surface area contributed by atoms with Gasteiger partial charge in [-0.05, 0) is 36.4 Å². The largest absolute Gasteiger partial charge is 0.497 e. The second kappa shape index (κ2) is 6.86. The molecule has 0 amide bonds. The number of hydrogen-bond donors (Lipinski definition) is 2. The van der Waals surface area contributed by atoms with E-state index in [2.05, 4.69) is 15.2 Å². The van der Waals surface area contributed by atoms with Crippen LogP contribution in [0.15, 0.2) is 77.7 Å². The third kappa shape index (κ3) is 3.30. The predicted molar refractivity (Wildman–Crippen MR) is 106 cm³/mol. The number of hydrazine groups is 1. The molecule has 0 atom stereocenters. The molecule has 2 N–H and O–H groups in total. The van der Waals surface area contributed by atoms with Crippen LogP contribution in [-0.2, 0) is 10.0 Å². The molecule has 0 saturated heterocycles. The maximum Gasteiger partial charge on any atom is 0.257 e. The fraction of sp³-hybridized carbons (Fsp3) is 0.0500. The molecular weight excluding hydrogens is 362 g/mol. The molecule has 0 aliphatic carbocycles. The zero-order valence-electron chi connectivity index (χ0n) is 14.5. The van der Waals surface area contributed by atoms with Gasteiger partial charge in [-0.3, -0.25) is 0 Å². The van der Waals surface area contributed by atoms with Crippen LogP contribution in [0.3, 0.4) is 0 Å². The van der Waals surface area contributed by atoms with Crippen molar-refractivity contribution in [3.63, 3.8) is 0 Å². The van der Waals surface area contributed by atoms with Gasteiger partial charge in [0.05, 0.1) is 28.7 Å². The van der Waals surface area contributed by atoms with Gasteiger partial charge in [-0.15, -0.1) is 4.83 Å². The summed E-state index contributed by atoms with van der Waals surface area (Å²) in [5.74, 6) is 0.661. The van der Waals surface area contributed by atoms with E-state index < -0.39 is 10.0 Å². The smallest absolute Gasteiger partial charge is 0.257 e. The van der Waals surface area contributed by atoms with Gasteiger partial charge in [0.1, 0.15) is 5.75 Å². The van der Waals surface area contributed by atoms with E-state index in [9.17, 15) is 8.42 Å². The summed E-state index contributed by atoms with van der Waals surface area (Å²) < 4.78 is 30.5. The number of hydrogen-bond acceptors (Lipinski definition) is 5. The number of sulfonamides is 1. The molecule has 0 unspecified atom stereocenters. The van der Waals surface area contributed by atoms with E-state index in [0.29, 0.717) is 11.4 Å². The van der Waals surface area contributed by atoms with Crippen molar-refractivity contribution in [1.29, 1.82) is 0 Å². The summed E-state index contributed by atoms with van der Waals surface area (Å²) in [4.78, 5) is 7.29. The molecule has 0 bridgehead atoms. The topological polar surface area (TPSA) is 80.3 Å². The molecule has 7 heteroatoms. The van der Waals surface area contributed by atoms with Gasteiger partial charge in [0.2, 0.25) is 0 Å². The minimum atomic E-state index is -3.72. The normalized spacial score (nSPS) is 11.6. The highest BCUT2D eigenvalue weighted by atomic mass is 32.2. The van der Waals surface area contributed by atoms with Crippen molar-refractivity contribution in [2.24, 2.45) is 0 Å². The molecule has 4 rings (SSSR count). The van der Waals surface area contributed by atoms with E-state index in [1.807, 2.05) is 42.5 Å². The molecule has 0 radical (unpaired) electrons. The van der Waals surface area contributed by atoms with E-state index >= 15 is 0 Å². The first-order valence-corrected chi connectivity index (χ1v) is 9.76. The van der Waals surface area contributed by atoms with Gasteiger partial charge in [-0.25, -0.2) is 13.4 Å². The number of rotatable bonds is 5. The predicted octanol–water partition coefficient (Wildman–Crippen LogP) is 3.70. The van der Waals surface area contributed by atoms with Gasteiger partial charge in [0, 0.05) is 10.8 Å². The van der Waals surface area contributed by atoms with Crippen molar-refractivity contribution in [2.45, 2.75) is 4.90 Å². The molecule has 136 valence electrons. The molecule has 0 aliphatic rings. The summed E-state index contributed by atoms with van der Waals surface area (Å²) in [6.45, 7) is 0. The fourth-order valence-corrected chi connectivity index (χ4v) is 3.78. The van der Waals surface area contributed by atoms with Crippen molar-refractivity contribution < 1.29 is 13.2 Å². The Labute approximate surface area is 156 Å². The van der Waals surface area contributed by atoms with Crippen LogP contribution < -0.4 is 15.0 Å². The van der Waals surface area contributed by atoms with Crippen LogP contribution in [0.2, 0.25) is 0 Å². The van der Waals surface area contributed by atoms with Crippen molar-refractivity contribution in [1.82, 2.24) is 9.82 Å². The van der Waals surface area contributed by atoms with Crippen LogP contribution >= 0.6 is 0 Å². The van der Waals surface area contributed by atoms with Crippen molar-refractivity contribution in [3.05, 3.63) is 72.8 Å². The Kier molecular flexibility index (Phi) is 4.39. The summed E-state index contributed by atoms with van der Waals surface area (Å²) in [6.07, 6.45) is 0. The summed E-state index contributed by atoms with van der Waals surface area (Å²) in [7, 11) is -2.14. The summed E-state index contributed by atoms with van der Waals surface area (Å²) in [5, 5.41) is 1.55. The van der Waals surface area contributed by atoms with Crippen LogP contribution in [0, 0.1) is 0 Å². The monoisotopic (exact) mass is 379 g/mol. The van der Waals surface area contributed by atoms with Crippen LogP contribution in [0.1, 0.15) is 0 Å². The number of nitrogens with one attached hydrogen (secondary N) is 2. The molecule has 27 heavy (non-hydrogen) atoms. The zero-order valence-corrected chi connectivity index (χ0v) is 15.3. The lowest BCUT2D eigenvalue weighted by Crippen LogP contribution is -2.29. The number of benzene rings is 3. The molecule has 0 aliphatic heterocycles. The number of anilines is 1. The Balaban J connectivity index is 1.83. The third-order valence-electron chi connectivity index (χ3n) is 4.25. The van der Waals surface area contributed by atoms with E-state index in [-0.39, 0.29) is 4.90 Å². The first kappa shape index (κ1) is 17.3. The lowest BCUT2D eigenvalue weighted by molar-refractivity contribution is 0.415. The fourth-order valence-electron chi connectivity index (χ4n) is 2.91. The second-order valence-electron chi connectivity index (χ2n) is 5.93. The Bertz CT molecular complexity index is 1230. The maximum absolute atomic E-state index is 12.6. The number of aromatic nitrogens is 1. The van der Waals surface area contributed by atoms with E-state index in [0.717, 1.165) is 21.8 Å². The van der Waals surface area contributed by atoms with E-state index in [1.54, 1.807) is 25.3 Å². The SMILES string of the molecule is COc1ccc2nc3ccccc3c(NNS(=O)(=O)c3ccccc3)c2c1. The quantitative estimate of drug-likeness (QED) is 0.408. The first-order valence-electron chi connectivity index (χ1n) is 8.28. The minimum Gasteiger partial charge on any atom is -0.497 e. The highest BCUT2D eigenvalue weighted by Crippen LogP contribution is 2.32. The lowest BCUT2D eigenvalue weighted by atomic mass is 10.1. The van der Waals surface area contributed by atoms with Crippen LogP contribution in [-0.4, -0.2) is 20.5 Å². The van der Waals surface area contributed by atoms with Gasteiger partial charge >= 0.3 is 0 Å². The first-order chi connectivity index (χ1) is 13.1. The average Bonchev–Trinajstić information content (AvgIpc) is 2.71. The van der Waals surface area contributed by atoms with Gasteiger partial charge in [0.15, 0.2) is 0 Å². The molecule has 4 aromatic rings. The van der Waals surface area contributed by atoms with E-state index in [4.69, 9.17) is 4.74 Å². The highest BCUT2D eigenvalue weighted by Gasteiger charge is 2.15. The summed E-state index contributed by atoms with van der Waals surface area (Å²) in [5.41, 5.74) is 5.00. The Hall–Kier alpha value is -3.16. The zero-order chi connectivity index (χ0) is 18.9. The van der Waals surface area contributed by atoms with Gasteiger partial charge < -0.3 is 10.2 Å². The number of methoxy groups -OCH3 is 1. The maximum atomic E-state index is 12.6. The van der Waals surface area contributed by atoms with Crippen LogP contribution in [0.25, 0.3) is 21.8 Å². The average molecular weight is 379 g/mol. The number of fused-ring (bicyclic) bond motifs is 2. The molecule has 0 saturated carbocycles. The van der Waals surface area contributed by atoms with Gasteiger partial charge in [-0.2, -0.15) is 0 Å². The molecule has 0 fully saturated rings. The molecule has 1 heterocycles.